The fraction of sp³-hybridized carbons (Fsp3) is 0.333. The molecule has 0 radical (unpaired) electrons. The third kappa shape index (κ3) is 3.22. The van der Waals surface area contributed by atoms with Gasteiger partial charge in [0.25, 0.3) is 5.56 Å². The van der Waals surface area contributed by atoms with Gasteiger partial charge in [0, 0.05) is 37.6 Å². The molecule has 8 nitrogen and oxygen atoms in total. The molecule has 1 atom stereocenters. The average Bonchev–Trinajstić information content (AvgIpc) is 3.24. The van der Waals surface area contributed by atoms with E-state index in [0.29, 0.717) is 22.5 Å². The molecule has 24 heavy (non-hydrogen) atoms. The van der Waals surface area contributed by atoms with Gasteiger partial charge >= 0.3 is 0 Å². The molecule has 1 aliphatic heterocycles. The Morgan fingerprint density at radius 3 is 3.08 bits per heavy atom. The number of pyridine rings is 1. The molecule has 0 bridgehead atoms. The highest BCUT2D eigenvalue weighted by atomic mass is 32.1. The van der Waals surface area contributed by atoms with Crippen LogP contribution in [0.15, 0.2) is 35.4 Å². The van der Waals surface area contributed by atoms with Gasteiger partial charge in [-0.15, -0.1) is 5.10 Å². The Balaban J connectivity index is 1.39. The van der Waals surface area contributed by atoms with Crippen molar-refractivity contribution in [2.75, 3.05) is 18.4 Å². The lowest BCUT2D eigenvalue weighted by atomic mass is 10.3. The quantitative estimate of drug-likeness (QED) is 0.710. The van der Waals surface area contributed by atoms with Crippen molar-refractivity contribution in [2.45, 2.75) is 19.1 Å². The van der Waals surface area contributed by atoms with E-state index in [-0.39, 0.29) is 11.7 Å². The van der Waals surface area contributed by atoms with Gasteiger partial charge in [-0.25, -0.2) is 9.97 Å². The standard InChI is InChI=1S/C15H16N6O2S/c22-13-4-6-17-15-21(13)20-14(24-15)19-8-10-1-2-12(18-7-10)23-11-3-5-16-9-11/h1-2,4,6-7,11,16H,3,5,8-9H2,(H,19,20). The van der Waals surface area contributed by atoms with Gasteiger partial charge in [0.05, 0.1) is 0 Å². The second-order valence-electron chi connectivity index (χ2n) is 5.48. The zero-order valence-corrected chi connectivity index (χ0v) is 13.6. The third-order valence-corrected chi connectivity index (χ3v) is 4.59. The summed E-state index contributed by atoms with van der Waals surface area (Å²) in [6.45, 7) is 2.43. The Morgan fingerprint density at radius 2 is 2.33 bits per heavy atom. The van der Waals surface area contributed by atoms with Gasteiger partial charge in [-0.05, 0) is 18.5 Å². The van der Waals surface area contributed by atoms with Crippen molar-refractivity contribution in [1.29, 1.82) is 0 Å². The molecule has 0 aromatic carbocycles. The highest BCUT2D eigenvalue weighted by Gasteiger charge is 2.16. The normalized spacial score (nSPS) is 17.2. The minimum absolute atomic E-state index is 0.186. The molecule has 2 N–H and O–H groups in total. The molecule has 9 heteroatoms. The summed E-state index contributed by atoms with van der Waals surface area (Å²) >= 11 is 1.33. The van der Waals surface area contributed by atoms with Crippen LogP contribution in [0.1, 0.15) is 12.0 Å². The maximum Gasteiger partial charge on any atom is 0.275 e. The van der Waals surface area contributed by atoms with Crippen molar-refractivity contribution in [1.82, 2.24) is 24.9 Å². The molecular weight excluding hydrogens is 328 g/mol. The molecule has 3 aromatic heterocycles. The van der Waals surface area contributed by atoms with Gasteiger partial charge in [-0.1, -0.05) is 17.4 Å². The minimum atomic E-state index is -0.186. The zero-order chi connectivity index (χ0) is 16.4. The van der Waals surface area contributed by atoms with Crippen molar-refractivity contribution in [3.8, 4) is 5.88 Å². The summed E-state index contributed by atoms with van der Waals surface area (Å²) in [6.07, 6.45) is 4.48. The van der Waals surface area contributed by atoms with Crippen molar-refractivity contribution in [3.05, 3.63) is 46.5 Å². The van der Waals surface area contributed by atoms with Crippen LogP contribution in [0.5, 0.6) is 5.88 Å². The van der Waals surface area contributed by atoms with Crippen molar-refractivity contribution in [3.63, 3.8) is 0 Å². The number of nitrogens with one attached hydrogen (secondary N) is 2. The van der Waals surface area contributed by atoms with E-state index in [1.807, 2.05) is 12.1 Å². The first kappa shape index (κ1) is 15.0. The maximum atomic E-state index is 11.7. The highest BCUT2D eigenvalue weighted by molar-refractivity contribution is 7.20. The molecule has 1 fully saturated rings. The molecule has 0 saturated carbocycles. The Labute approximate surface area is 141 Å². The summed E-state index contributed by atoms with van der Waals surface area (Å²) in [4.78, 5) is 20.7. The SMILES string of the molecule is O=c1ccnc2sc(NCc3ccc(OC4CCNC4)nc3)nn12. The van der Waals surface area contributed by atoms with E-state index in [4.69, 9.17) is 4.74 Å². The molecule has 3 aromatic rings. The molecule has 124 valence electrons. The van der Waals surface area contributed by atoms with Crippen molar-refractivity contribution < 1.29 is 4.74 Å². The fourth-order valence-electron chi connectivity index (χ4n) is 2.48. The Kier molecular flexibility index (Phi) is 4.09. The van der Waals surface area contributed by atoms with Crippen molar-refractivity contribution in [2.24, 2.45) is 0 Å². The lowest BCUT2D eigenvalue weighted by Crippen LogP contribution is -2.20. The van der Waals surface area contributed by atoms with Crippen LogP contribution in [0, 0.1) is 0 Å². The van der Waals surface area contributed by atoms with Crippen LogP contribution in [-0.4, -0.2) is 38.8 Å². The predicted octanol–water partition coefficient (Wildman–Crippen LogP) is 0.899. The van der Waals surface area contributed by atoms with Crippen LogP contribution in [0.25, 0.3) is 4.96 Å². The number of rotatable bonds is 5. The van der Waals surface area contributed by atoms with Gasteiger partial charge < -0.3 is 15.4 Å². The van der Waals surface area contributed by atoms with Gasteiger partial charge in [-0.3, -0.25) is 4.79 Å². The molecule has 4 heterocycles. The number of hydrogen-bond donors (Lipinski definition) is 2. The van der Waals surface area contributed by atoms with Gasteiger partial charge in [0.1, 0.15) is 6.10 Å². The molecule has 1 aliphatic rings. The van der Waals surface area contributed by atoms with E-state index >= 15 is 0 Å². The van der Waals surface area contributed by atoms with E-state index in [0.717, 1.165) is 25.1 Å². The molecule has 4 rings (SSSR count). The smallest absolute Gasteiger partial charge is 0.275 e. The van der Waals surface area contributed by atoms with Crippen LogP contribution >= 0.6 is 11.3 Å². The van der Waals surface area contributed by atoms with Crippen LogP contribution in [-0.2, 0) is 6.54 Å². The number of hydrogen-bond acceptors (Lipinski definition) is 8. The third-order valence-electron chi connectivity index (χ3n) is 3.71. The van der Waals surface area contributed by atoms with Crippen LogP contribution in [0.2, 0.25) is 0 Å². The first-order valence-corrected chi connectivity index (χ1v) is 8.51. The summed E-state index contributed by atoms with van der Waals surface area (Å²) in [6, 6.07) is 5.23. The number of fused-ring (bicyclic) bond motifs is 1. The largest absolute Gasteiger partial charge is 0.473 e. The summed E-state index contributed by atoms with van der Waals surface area (Å²) < 4.78 is 7.09. The predicted molar refractivity (Wildman–Crippen MR) is 90.6 cm³/mol. The lowest BCUT2D eigenvalue weighted by molar-refractivity contribution is 0.214. The minimum Gasteiger partial charge on any atom is -0.473 e. The van der Waals surface area contributed by atoms with Gasteiger partial charge in [0.15, 0.2) is 0 Å². The molecule has 0 amide bonds. The Bertz CT molecular complexity index is 885. The van der Waals surface area contributed by atoms with Gasteiger partial charge in [0.2, 0.25) is 16.0 Å². The average molecular weight is 344 g/mol. The number of aromatic nitrogens is 4. The van der Waals surface area contributed by atoms with Crippen LogP contribution in [0.4, 0.5) is 5.13 Å². The number of nitrogens with zero attached hydrogens (tertiary/aromatic N) is 4. The first-order valence-electron chi connectivity index (χ1n) is 7.69. The summed E-state index contributed by atoms with van der Waals surface area (Å²) in [7, 11) is 0. The summed E-state index contributed by atoms with van der Waals surface area (Å²) in [5.41, 5.74) is 0.820. The topological polar surface area (TPSA) is 93.4 Å². The molecule has 0 aliphatic carbocycles. The first-order chi connectivity index (χ1) is 11.8. The number of anilines is 1. The highest BCUT2D eigenvalue weighted by Crippen LogP contribution is 2.17. The second kappa shape index (κ2) is 6.54. The maximum absolute atomic E-state index is 11.7. The van der Waals surface area contributed by atoms with Crippen molar-refractivity contribution >= 4 is 21.4 Å². The fourth-order valence-corrected chi connectivity index (χ4v) is 3.25. The van der Waals surface area contributed by atoms with Crippen LogP contribution < -0.4 is 20.9 Å². The molecule has 1 unspecified atom stereocenters. The van der Waals surface area contributed by atoms with E-state index < -0.39 is 0 Å². The number of ether oxygens (including phenoxy) is 1. The molecular formula is C15H16N6O2S. The van der Waals surface area contributed by atoms with Crippen LogP contribution in [0.3, 0.4) is 0 Å². The second-order valence-corrected chi connectivity index (χ2v) is 6.43. The monoisotopic (exact) mass is 344 g/mol. The summed E-state index contributed by atoms with van der Waals surface area (Å²) in [5.74, 6) is 0.642. The Morgan fingerprint density at radius 1 is 1.38 bits per heavy atom. The zero-order valence-electron chi connectivity index (χ0n) is 12.8. The van der Waals surface area contributed by atoms with E-state index in [2.05, 4.69) is 25.7 Å². The molecule has 0 spiro atoms. The molecule has 1 saturated heterocycles. The Hall–Kier alpha value is -2.52. The van der Waals surface area contributed by atoms with Gasteiger partial charge in [-0.2, -0.15) is 4.52 Å². The van der Waals surface area contributed by atoms with E-state index in [9.17, 15) is 4.79 Å². The summed E-state index contributed by atoms with van der Waals surface area (Å²) in [5, 5.41) is 11.3. The van der Waals surface area contributed by atoms with E-state index in [1.54, 1.807) is 6.20 Å². The lowest BCUT2D eigenvalue weighted by Gasteiger charge is -2.11. The van der Waals surface area contributed by atoms with E-state index in [1.165, 1.54) is 28.1 Å².